The Hall–Kier alpha value is 0.690. The third kappa shape index (κ3) is 2.58. The Bertz CT molecular complexity index is 127. The van der Waals surface area contributed by atoms with E-state index in [1.807, 2.05) is 0 Å². The van der Waals surface area contributed by atoms with Crippen molar-refractivity contribution in [1.29, 1.82) is 0 Å². The van der Waals surface area contributed by atoms with Crippen molar-refractivity contribution >= 4 is 22.6 Å². The Morgan fingerprint density at radius 3 is 2.73 bits per heavy atom. The van der Waals surface area contributed by atoms with Crippen molar-refractivity contribution in [2.24, 2.45) is 5.92 Å². The van der Waals surface area contributed by atoms with Gasteiger partial charge in [0.2, 0.25) is 0 Å². The van der Waals surface area contributed by atoms with E-state index in [0.717, 1.165) is 5.92 Å². The third-order valence-corrected chi connectivity index (χ3v) is 4.24. The van der Waals surface area contributed by atoms with E-state index in [-0.39, 0.29) is 3.42 Å². The average molecular weight is 268 g/mol. The minimum absolute atomic E-state index is 0.283. The number of aliphatic hydroxyl groups is 1. The summed E-state index contributed by atoms with van der Waals surface area (Å²) in [7, 11) is 0. The molecule has 0 unspecified atom stereocenters. The van der Waals surface area contributed by atoms with Crippen molar-refractivity contribution in [2.75, 3.05) is 6.61 Å². The second-order valence-electron chi connectivity index (χ2n) is 3.59. The third-order valence-electron chi connectivity index (χ3n) is 2.58. The number of hydrogen-bond donors (Lipinski definition) is 1. The van der Waals surface area contributed by atoms with Gasteiger partial charge in [-0.05, 0) is 18.8 Å². The maximum absolute atomic E-state index is 8.98. The molecular formula is C9H17IO. The first kappa shape index (κ1) is 9.78. The van der Waals surface area contributed by atoms with E-state index in [1.54, 1.807) is 0 Å². The lowest BCUT2D eigenvalue weighted by Gasteiger charge is -2.03. The molecule has 0 aromatic heterocycles. The Kier molecular flexibility index (Phi) is 3.62. The number of rotatable bonds is 5. The molecule has 0 aliphatic heterocycles. The van der Waals surface area contributed by atoms with Gasteiger partial charge in [0.1, 0.15) is 0 Å². The van der Waals surface area contributed by atoms with Crippen LogP contribution < -0.4 is 0 Å². The smallest absolute Gasteiger partial charge is 0.0580 e. The zero-order valence-corrected chi connectivity index (χ0v) is 9.30. The zero-order valence-electron chi connectivity index (χ0n) is 7.15. The van der Waals surface area contributed by atoms with Crippen LogP contribution in [0, 0.1) is 5.92 Å². The Morgan fingerprint density at radius 1 is 1.55 bits per heavy atom. The summed E-state index contributed by atoms with van der Waals surface area (Å²) in [5, 5.41) is 8.98. The van der Waals surface area contributed by atoms with Crippen molar-refractivity contribution < 1.29 is 5.11 Å². The first-order valence-electron chi connectivity index (χ1n) is 4.52. The van der Waals surface area contributed by atoms with Gasteiger partial charge >= 0.3 is 0 Å². The highest BCUT2D eigenvalue weighted by Crippen LogP contribution is 2.53. The SMILES string of the molecule is CCCCC[C@@H]1C[C@]1(I)CO. The summed E-state index contributed by atoms with van der Waals surface area (Å²) in [6.07, 6.45) is 6.59. The predicted molar refractivity (Wildman–Crippen MR) is 56.1 cm³/mol. The standard InChI is InChI=1S/C9H17IO/c1-2-3-4-5-8-6-9(8,10)7-11/h8,11H,2-7H2,1H3/t8-,9+/m1/s1. The number of alkyl halides is 1. The first-order chi connectivity index (χ1) is 5.23. The molecule has 0 saturated heterocycles. The number of aliphatic hydroxyl groups excluding tert-OH is 1. The topological polar surface area (TPSA) is 20.2 Å². The minimum atomic E-state index is 0.283. The van der Waals surface area contributed by atoms with Gasteiger partial charge in [-0.1, -0.05) is 48.8 Å². The Labute approximate surface area is 82.7 Å². The van der Waals surface area contributed by atoms with E-state index in [9.17, 15) is 0 Å². The summed E-state index contributed by atoms with van der Waals surface area (Å²) in [5.41, 5.74) is 0. The molecule has 0 spiro atoms. The summed E-state index contributed by atoms with van der Waals surface area (Å²) >= 11 is 2.42. The summed E-state index contributed by atoms with van der Waals surface area (Å²) in [5.74, 6) is 0.819. The van der Waals surface area contributed by atoms with Crippen molar-refractivity contribution in [3.8, 4) is 0 Å². The molecule has 1 N–H and O–H groups in total. The van der Waals surface area contributed by atoms with Gasteiger partial charge in [0.25, 0.3) is 0 Å². The highest BCUT2D eigenvalue weighted by Gasteiger charge is 2.50. The Morgan fingerprint density at radius 2 is 2.27 bits per heavy atom. The normalized spacial score (nSPS) is 35.7. The average Bonchev–Trinajstić information content (AvgIpc) is 2.64. The highest BCUT2D eigenvalue weighted by molar-refractivity contribution is 14.1. The first-order valence-corrected chi connectivity index (χ1v) is 5.60. The largest absolute Gasteiger partial charge is 0.395 e. The quantitative estimate of drug-likeness (QED) is 0.462. The molecule has 66 valence electrons. The van der Waals surface area contributed by atoms with Gasteiger partial charge in [0.15, 0.2) is 0 Å². The van der Waals surface area contributed by atoms with Crippen LogP contribution in [-0.2, 0) is 0 Å². The van der Waals surface area contributed by atoms with Crippen LogP contribution in [0.25, 0.3) is 0 Å². The van der Waals surface area contributed by atoms with Crippen LogP contribution in [-0.4, -0.2) is 15.1 Å². The molecule has 1 saturated carbocycles. The summed E-state index contributed by atoms with van der Waals surface area (Å²) < 4.78 is 0.283. The van der Waals surface area contributed by atoms with Crippen molar-refractivity contribution in [1.82, 2.24) is 0 Å². The molecular weight excluding hydrogens is 251 g/mol. The maximum atomic E-state index is 8.98. The molecule has 2 heteroatoms. The van der Waals surface area contributed by atoms with Gasteiger partial charge in [-0.15, -0.1) is 0 Å². The molecule has 0 aromatic carbocycles. The molecule has 11 heavy (non-hydrogen) atoms. The Balaban J connectivity index is 2.04. The number of halogens is 1. The monoisotopic (exact) mass is 268 g/mol. The molecule has 0 bridgehead atoms. The van der Waals surface area contributed by atoms with Crippen LogP contribution in [0.3, 0.4) is 0 Å². The van der Waals surface area contributed by atoms with Gasteiger partial charge in [-0.25, -0.2) is 0 Å². The molecule has 1 aliphatic carbocycles. The molecule has 0 aromatic rings. The fourth-order valence-electron chi connectivity index (χ4n) is 1.55. The highest BCUT2D eigenvalue weighted by atomic mass is 127. The lowest BCUT2D eigenvalue weighted by atomic mass is 10.1. The molecule has 0 radical (unpaired) electrons. The fourth-order valence-corrected chi connectivity index (χ4v) is 2.39. The molecule has 1 nitrogen and oxygen atoms in total. The summed E-state index contributed by atoms with van der Waals surface area (Å²) in [6, 6.07) is 0. The van der Waals surface area contributed by atoms with Crippen LogP contribution in [0.2, 0.25) is 0 Å². The van der Waals surface area contributed by atoms with E-state index in [1.165, 1.54) is 32.1 Å². The molecule has 1 rings (SSSR count). The van der Waals surface area contributed by atoms with Gasteiger partial charge in [-0.3, -0.25) is 0 Å². The zero-order chi connectivity index (χ0) is 8.32. The molecule has 1 aliphatic rings. The lowest BCUT2D eigenvalue weighted by molar-refractivity contribution is 0.286. The van der Waals surface area contributed by atoms with E-state index >= 15 is 0 Å². The van der Waals surface area contributed by atoms with Crippen LogP contribution in [0.5, 0.6) is 0 Å². The maximum Gasteiger partial charge on any atom is 0.0580 e. The van der Waals surface area contributed by atoms with Crippen molar-refractivity contribution in [3.05, 3.63) is 0 Å². The van der Waals surface area contributed by atoms with Crippen LogP contribution in [0.4, 0.5) is 0 Å². The molecule has 0 heterocycles. The number of hydrogen-bond acceptors (Lipinski definition) is 1. The van der Waals surface area contributed by atoms with E-state index < -0.39 is 0 Å². The van der Waals surface area contributed by atoms with Crippen molar-refractivity contribution in [2.45, 2.75) is 42.4 Å². The van der Waals surface area contributed by atoms with E-state index in [4.69, 9.17) is 5.11 Å². The van der Waals surface area contributed by atoms with Crippen LogP contribution in [0.15, 0.2) is 0 Å². The van der Waals surface area contributed by atoms with Gasteiger partial charge < -0.3 is 5.11 Å². The molecule has 0 amide bonds. The summed E-state index contributed by atoms with van der Waals surface area (Å²) in [6.45, 7) is 2.61. The van der Waals surface area contributed by atoms with Crippen molar-refractivity contribution in [3.63, 3.8) is 0 Å². The second kappa shape index (κ2) is 4.08. The van der Waals surface area contributed by atoms with E-state index in [2.05, 4.69) is 29.5 Å². The van der Waals surface area contributed by atoms with Crippen LogP contribution in [0.1, 0.15) is 39.0 Å². The van der Waals surface area contributed by atoms with Crippen LogP contribution >= 0.6 is 22.6 Å². The summed E-state index contributed by atoms with van der Waals surface area (Å²) in [4.78, 5) is 0. The molecule has 1 fully saturated rings. The van der Waals surface area contributed by atoms with E-state index in [0.29, 0.717) is 6.61 Å². The number of unbranched alkanes of at least 4 members (excludes halogenated alkanes) is 2. The van der Waals surface area contributed by atoms with Gasteiger partial charge in [0, 0.05) is 3.42 Å². The fraction of sp³-hybridized carbons (Fsp3) is 1.00. The minimum Gasteiger partial charge on any atom is -0.395 e. The predicted octanol–water partition coefficient (Wildman–Crippen LogP) is 2.75. The second-order valence-corrected chi connectivity index (χ2v) is 5.74. The van der Waals surface area contributed by atoms with Gasteiger partial charge in [-0.2, -0.15) is 0 Å². The van der Waals surface area contributed by atoms with Gasteiger partial charge in [0.05, 0.1) is 6.61 Å². The molecule has 2 atom stereocenters. The lowest BCUT2D eigenvalue weighted by Crippen LogP contribution is -2.07.